The number of aliphatic hydroxyl groups excluding tert-OH is 1. The van der Waals surface area contributed by atoms with Crippen LogP contribution in [0.25, 0.3) is 0 Å². The van der Waals surface area contributed by atoms with Crippen molar-refractivity contribution in [3.05, 3.63) is 29.6 Å². The molecule has 1 aromatic rings. The van der Waals surface area contributed by atoms with Gasteiger partial charge in [-0.25, -0.2) is 4.39 Å². The van der Waals surface area contributed by atoms with E-state index in [0.29, 0.717) is 17.5 Å². The van der Waals surface area contributed by atoms with Crippen molar-refractivity contribution in [2.45, 2.75) is 39.8 Å². The molecule has 0 heterocycles. The summed E-state index contributed by atoms with van der Waals surface area (Å²) in [5.74, 6) is 0.183. The lowest BCUT2D eigenvalue weighted by molar-refractivity contribution is 0.199. The van der Waals surface area contributed by atoms with E-state index in [1.165, 1.54) is 12.1 Å². The summed E-state index contributed by atoms with van der Waals surface area (Å²) < 4.78 is 13.2. The number of nitrogens with zero attached hydrogens (tertiary/aromatic N) is 1. The maximum atomic E-state index is 13.2. The zero-order valence-electron chi connectivity index (χ0n) is 11.2. The standard InChI is InChI=1S/C14H22FNO/c1-9(2)10(3)16(5)14-7-6-12(15)8-13(14)11(4)17/h6-11,17H,1-5H3/t10?,11-/m1/s1. The second-order valence-electron chi connectivity index (χ2n) is 4.97. The van der Waals surface area contributed by atoms with Crippen LogP contribution in [0.5, 0.6) is 0 Å². The highest BCUT2D eigenvalue weighted by atomic mass is 19.1. The highest BCUT2D eigenvalue weighted by Crippen LogP contribution is 2.29. The molecule has 0 radical (unpaired) electrons. The maximum absolute atomic E-state index is 13.2. The summed E-state index contributed by atoms with van der Waals surface area (Å²) in [6.45, 7) is 8.07. The van der Waals surface area contributed by atoms with Crippen molar-refractivity contribution in [3.8, 4) is 0 Å². The van der Waals surface area contributed by atoms with Crippen LogP contribution < -0.4 is 4.90 Å². The minimum absolute atomic E-state index is 0.310. The number of aliphatic hydroxyl groups is 1. The van der Waals surface area contributed by atoms with E-state index < -0.39 is 6.10 Å². The first-order valence-corrected chi connectivity index (χ1v) is 6.05. The van der Waals surface area contributed by atoms with Crippen LogP contribution in [0.15, 0.2) is 18.2 Å². The van der Waals surface area contributed by atoms with E-state index in [-0.39, 0.29) is 5.82 Å². The van der Waals surface area contributed by atoms with Crippen molar-refractivity contribution < 1.29 is 9.50 Å². The molecule has 0 saturated carbocycles. The molecule has 0 saturated heterocycles. The number of rotatable bonds is 4. The van der Waals surface area contributed by atoms with Crippen molar-refractivity contribution >= 4 is 5.69 Å². The van der Waals surface area contributed by atoms with Crippen LogP contribution in [0, 0.1) is 11.7 Å². The Hall–Kier alpha value is -1.09. The molecular weight excluding hydrogens is 217 g/mol. The molecule has 0 aliphatic rings. The SMILES string of the molecule is CC(C)C(C)N(C)c1ccc(F)cc1[C@@H](C)O. The third-order valence-electron chi connectivity index (χ3n) is 3.40. The van der Waals surface area contributed by atoms with Crippen LogP contribution in [0.1, 0.15) is 39.4 Å². The predicted octanol–water partition coefficient (Wildman–Crippen LogP) is 3.36. The third-order valence-corrected chi connectivity index (χ3v) is 3.40. The summed E-state index contributed by atoms with van der Waals surface area (Å²) in [6.07, 6.45) is -0.664. The molecule has 17 heavy (non-hydrogen) atoms. The summed E-state index contributed by atoms with van der Waals surface area (Å²) >= 11 is 0. The largest absolute Gasteiger partial charge is 0.389 e. The Morgan fingerprint density at radius 2 is 1.76 bits per heavy atom. The van der Waals surface area contributed by atoms with E-state index in [2.05, 4.69) is 25.7 Å². The monoisotopic (exact) mass is 239 g/mol. The van der Waals surface area contributed by atoms with Crippen LogP contribution in [0.4, 0.5) is 10.1 Å². The van der Waals surface area contributed by atoms with Crippen LogP contribution in [-0.2, 0) is 0 Å². The molecular formula is C14H22FNO. The van der Waals surface area contributed by atoms with Crippen molar-refractivity contribution in [2.75, 3.05) is 11.9 Å². The van der Waals surface area contributed by atoms with Gasteiger partial charge in [0.05, 0.1) is 6.10 Å². The molecule has 0 aliphatic heterocycles. The summed E-state index contributed by atoms with van der Waals surface area (Å²) in [6, 6.07) is 4.91. The Balaban J connectivity index is 3.12. The van der Waals surface area contributed by atoms with E-state index in [1.54, 1.807) is 13.0 Å². The fraction of sp³-hybridized carbons (Fsp3) is 0.571. The number of halogens is 1. The van der Waals surface area contributed by atoms with E-state index in [9.17, 15) is 9.50 Å². The first-order valence-electron chi connectivity index (χ1n) is 6.05. The molecule has 1 unspecified atom stereocenters. The van der Waals surface area contributed by atoms with Gasteiger partial charge in [-0.05, 0) is 38.0 Å². The van der Waals surface area contributed by atoms with Crippen LogP contribution in [0.2, 0.25) is 0 Å². The minimum Gasteiger partial charge on any atom is -0.389 e. The van der Waals surface area contributed by atoms with Gasteiger partial charge in [0.2, 0.25) is 0 Å². The van der Waals surface area contributed by atoms with Gasteiger partial charge in [-0.1, -0.05) is 13.8 Å². The van der Waals surface area contributed by atoms with Gasteiger partial charge in [0.1, 0.15) is 5.82 Å². The van der Waals surface area contributed by atoms with Gasteiger partial charge < -0.3 is 10.0 Å². The summed E-state index contributed by atoms with van der Waals surface area (Å²) in [4.78, 5) is 2.09. The van der Waals surface area contributed by atoms with Gasteiger partial charge in [0.25, 0.3) is 0 Å². The van der Waals surface area contributed by atoms with Gasteiger partial charge in [-0.2, -0.15) is 0 Å². The number of anilines is 1. The smallest absolute Gasteiger partial charge is 0.123 e. The van der Waals surface area contributed by atoms with Gasteiger partial charge in [0.15, 0.2) is 0 Å². The molecule has 96 valence electrons. The molecule has 2 nitrogen and oxygen atoms in total. The van der Waals surface area contributed by atoms with Crippen molar-refractivity contribution in [1.29, 1.82) is 0 Å². The lowest BCUT2D eigenvalue weighted by atomic mass is 10.0. The Bertz CT molecular complexity index is 376. The van der Waals surface area contributed by atoms with Crippen molar-refractivity contribution in [2.24, 2.45) is 5.92 Å². The van der Waals surface area contributed by atoms with E-state index in [0.717, 1.165) is 5.69 Å². The molecule has 0 aromatic heterocycles. The van der Waals surface area contributed by atoms with Gasteiger partial charge in [0, 0.05) is 24.3 Å². The first kappa shape index (κ1) is 14.0. The Labute approximate surface area is 103 Å². The first-order chi connectivity index (χ1) is 7.84. The van der Waals surface area contributed by atoms with E-state index in [4.69, 9.17) is 0 Å². The lowest BCUT2D eigenvalue weighted by Gasteiger charge is -2.32. The normalized spacial score (nSPS) is 14.8. The zero-order chi connectivity index (χ0) is 13.2. The van der Waals surface area contributed by atoms with Crippen LogP contribution in [-0.4, -0.2) is 18.2 Å². The minimum atomic E-state index is -0.664. The molecule has 1 rings (SSSR count). The van der Waals surface area contributed by atoms with E-state index in [1.807, 2.05) is 7.05 Å². The average molecular weight is 239 g/mol. The molecule has 0 fully saturated rings. The van der Waals surface area contributed by atoms with E-state index >= 15 is 0 Å². The fourth-order valence-electron chi connectivity index (χ4n) is 1.85. The molecule has 2 atom stereocenters. The number of benzene rings is 1. The Morgan fingerprint density at radius 1 is 1.18 bits per heavy atom. The number of hydrogen-bond acceptors (Lipinski definition) is 2. The van der Waals surface area contributed by atoms with Crippen molar-refractivity contribution in [3.63, 3.8) is 0 Å². The van der Waals surface area contributed by atoms with Crippen LogP contribution >= 0.6 is 0 Å². The van der Waals surface area contributed by atoms with Crippen LogP contribution in [0.3, 0.4) is 0 Å². The molecule has 1 N–H and O–H groups in total. The highest BCUT2D eigenvalue weighted by molar-refractivity contribution is 5.55. The number of hydrogen-bond donors (Lipinski definition) is 1. The topological polar surface area (TPSA) is 23.5 Å². The predicted molar refractivity (Wildman–Crippen MR) is 69.7 cm³/mol. The van der Waals surface area contributed by atoms with Gasteiger partial charge >= 0.3 is 0 Å². The quantitative estimate of drug-likeness (QED) is 0.871. The Kier molecular flexibility index (Phi) is 4.52. The fourth-order valence-corrected chi connectivity index (χ4v) is 1.85. The second kappa shape index (κ2) is 5.50. The molecule has 3 heteroatoms. The summed E-state index contributed by atoms with van der Waals surface area (Å²) in [5, 5.41) is 9.70. The molecule has 0 aliphatic carbocycles. The molecule has 0 amide bonds. The third kappa shape index (κ3) is 3.19. The molecule has 0 bridgehead atoms. The Morgan fingerprint density at radius 3 is 2.24 bits per heavy atom. The summed E-state index contributed by atoms with van der Waals surface area (Å²) in [5.41, 5.74) is 1.53. The average Bonchev–Trinajstić information content (AvgIpc) is 2.26. The maximum Gasteiger partial charge on any atom is 0.123 e. The lowest BCUT2D eigenvalue weighted by Crippen LogP contribution is -2.34. The van der Waals surface area contributed by atoms with Crippen molar-refractivity contribution in [1.82, 2.24) is 0 Å². The second-order valence-corrected chi connectivity index (χ2v) is 4.97. The highest BCUT2D eigenvalue weighted by Gasteiger charge is 2.18. The van der Waals surface area contributed by atoms with Gasteiger partial charge in [-0.15, -0.1) is 0 Å². The van der Waals surface area contributed by atoms with Gasteiger partial charge in [-0.3, -0.25) is 0 Å². The molecule has 1 aromatic carbocycles. The summed E-state index contributed by atoms with van der Waals surface area (Å²) in [7, 11) is 1.98. The zero-order valence-corrected chi connectivity index (χ0v) is 11.2. The molecule has 0 spiro atoms.